The van der Waals surface area contributed by atoms with Gasteiger partial charge in [-0.15, -0.1) is 0 Å². The first-order valence-corrected chi connectivity index (χ1v) is 44.1. The van der Waals surface area contributed by atoms with Crippen molar-refractivity contribution in [3.05, 3.63) is 0 Å². The second-order valence-electron chi connectivity index (χ2n) is 28.9. The lowest BCUT2D eigenvalue weighted by atomic mass is 10.0. The Balaban J connectivity index is 5.23. The fourth-order valence-corrected chi connectivity index (χ4v) is 13.8. The van der Waals surface area contributed by atoms with Crippen LogP contribution >= 0.6 is 15.6 Å². The quantitative estimate of drug-likeness (QED) is 0.0222. The van der Waals surface area contributed by atoms with Crippen LogP contribution in [0.1, 0.15) is 420 Å². The van der Waals surface area contributed by atoms with Gasteiger partial charge in [-0.2, -0.15) is 0 Å². The van der Waals surface area contributed by atoms with E-state index in [1.165, 1.54) is 238 Å². The third-order valence-electron chi connectivity index (χ3n) is 18.5. The lowest BCUT2D eigenvalue weighted by Gasteiger charge is -2.21. The van der Waals surface area contributed by atoms with Gasteiger partial charge in [0.25, 0.3) is 0 Å². The molecule has 17 nitrogen and oxygen atoms in total. The molecule has 0 fully saturated rings. The van der Waals surface area contributed by atoms with E-state index in [9.17, 15) is 43.2 Å². The summed E-state index contributed by atoms with van der Waals surface area (Å²) in [4.78, 5) is 72.9. The predicted molar refractivity (Wildman–Crippen MR) is 400 cm³/mol. The molecule has 5 atom stereocenters. The second-order valence-corrected chi connectivity index (χ2v) is 31.8. The van der Waals surface area contributed by atoms with Gasteiger partial charge in [-0.25, -0.2) is 9.13 Å². The molecule has 0 saturated carbocycles. The van der Waals surface area contributed by atoms with Crippen LogP contribution in [0.3, 0.4) is 0 Å². The molecule has 0 rings (SSSR count). The molecule has 0 spiro atoms. The first-order valence-electron chi connectivity index (χ1n) is 41.1. The Morgan fingerprint density at radius 3 is 0.694 bits per heavy atom. The number of carbonyl (C=O) groups is 4. The zero-order valence-electron chi connectivity index (χ0n) is 63.9. The molecule has 0 saturated heterocycles. The molecule has 0 radical (unpaired) electrons. The van der Waals surface area contributed by atoms with Crippen LogP contribution in [-0.2, 0) is 65.4 Å². The summed E-state index contributed by atoms with van der Waals surface area (Å²) in [5.41, 5.74) is 0. The maximum atomic E-state index is 13.1. The predicted octanol–water partition coefficient (Wildman–Crippen LogP) is 23.6. The van der Waals surface area contributed by atoms with Crippen molar-refractivity contribution >= 4 is 39.5 Å². The molecule has 0 aromatic rings. The standard InChI is InChI=1S/C79H154O17P2/c1-6-9-12-15-18-21-24-27-30-32-35-37-40-43-46-52-57-62-76(81)89-68-74(95-78(83)64-60-55-48-45-42-39-36-33-31-28-25-22-19-16-13-10-7-2)70-93-97(85,86)91-66-73(80)67-92-98(87,88)94-71-75(69-90-77(82)63-58-53-50-49-51-56-61-72(4)5)96-79(84)65-59-54-47-44-41-38-34-29-26-23-20-17-14-11-8-3/h72-75,80H,6-71H2,1-5H3,(H,85,86)(H,87,88)/t73-,74-,75-/m1/s1. The normalized spacial score (nSPS) is 13.9. The Morgan fingerprint density at radius 1 is 0.276 bits per heavy atom. The number of aliphatic hydroxyl groups excluding tert-OH is 1. The molecule has 2 unspecified atom stereocenters. The van der Waals surface area contributed by atoms with Gasteiger partial charge in [0.2, 0.25) is 0 Å². The highest BCUT2D eigenvalue weighted by Crippen LogP contribution is 2.45. The third-order valence-corrected chi connectivity index (χ3v) is 20.4. The minimum Gasteiger partial charge on any atom is -0.462 e. The maximum Gasteiger partial charge on any atom is 0.472 e. The van der Waals surface area contributed by atoms with Gasteiger partial charge in [0.05, 0.1) is 26.4 Å². The molecule has 0 bridgehead atoms. The fourth-order valence-electron chi connectivity index (χ4n) is 12.2. The largest absolute Gasteiger partial charge is 0.472 e. The average Bonchev–Trinajstić information content (AvgIpc) is 2.17. The molecule has 98 heavy (non-hydrogen) atoms. The van der Waals surface area contributed by atoms with Crippen LogP contribution in [0.15, 0.2) is 0 Å². The number of rotatable bonds is 79. The number of hydrogen-bond donors (Lipinski definition) is 3. The van der Waals surface area contributed by atoms with Crippen LogP contribution in [0.25, 0.3) is 0 Å². The summed E-state index contributed by atoms with van der Waals surface area (Å²) in [7, 11) is -9.91. The van der Waals surface area contributed by atoms with Crippen molar-refractivity contribution in [2.45, 2.75) is 438 Å². The number of ether oxygens (including phenoxy) is 4. The molecular weight excluding hydrogens is 1280 g/mol. The lowest BCUT2D eigenvalue weighted by molar-refractivity contribution is -0.161. The molecule has 3 N–H and O–H groups in total. The van der Waals surface area contributed by atoms with E-state index in [4.69, 9.17) is 37.0 Å². The van der Waals surface area contributed by atoms with E-state index in [0.29, 0.717) is 31.6 Å². The highest BCUT2D eigenvalue weighted by Gasteiger charge is 2.30. The van der Waals surface area contributed by atoms with E-state index in [0.717, 1.165) is 96.3 Å². The number of phosphoric acid groups is 2. The highest BCUT2D eigenvalue weighted by molar-refractivity contribution is 7.47. The van der Waals surface area contributed by atoms with E-state index in [2.05, 4.69) is 34.6 Å². The summed E-state index contributed by atoms with van der Waals surface area (Å²) in [6.07, 6.45) is 62.5. The van der Waals surface area contributed by atoms with Crippen molar-refractivity contribution in [2.24, 2.45) is 5.92 Å². The van der Waals surface area contributed by atoms with Crippen molar-refractivity contribution in [1.82, 2.24) is 0 Å². The minimum atomic E-state index is -4.96. The van der Waals surface area contributed by atoms with Gasteiger partial charge in [-0.05, 0) is 31.6 Å². The summed E-state index contributed by atoms with van der Waals surface area (Å²) in [6, 6.07) is 0. The molecule has 0 aromatic carbocycles. The SMILES string of the molecule is CCCCCCCCCCCCCCCCCCCC(=O)OC[C@H](COP(=O)(O)OC[C@@H](O)COP(=O)(O)OC[C@@H](COC(=O)CCCCCCCCC(C)C)OC(=O)CCCCCCCCCCCCCCCCC)OC(=O)CCCCCCCCCCCCCCCCCCC. The van der Waals surface area contributed by atoms with Crippen molar-refractivity contribution in [3.8, 4) is 0 Å². The van der Waals surface area contributed by atoms with Crippen molar-refractivity contribution in [1.29, 1.82) is 0 Å². The van der Waals surface area contributed by atoms with Gasteiger partial charge in [0.1, 0.15) is 19.3 Å². The molecule has 0 aliphatic carbocycles. The van der Waals surface area contributed by atoms with Gasteiger partial charge < -0.3 is 33.8 Å². The summed E-state index contributed by atoms with van der Waals surface area (Å²) < 4.78 is 68.6. The first kappa shape index (κ1) is 96.1. The van der Waals surface area contributed by atoms with Crippen LogP contribution in [0.4, 0.5) is 0 Å². The molecule has 0 aliphatic heterocycles. The van der Waals surface area contributed by atoms with Gasteiger partial charge in [0, 0.05) is 25.7 Å². The molecule has 19 heteroatoms. The third kappa shape index (κ3) is 72.4. The zero-order chi connectivity index (χ0) is 71.9. The van der Waals surface area contributed by atoms with E-state index < -0.39 is 97.5 Å². The Morgan fingerprint density at radius 2 is 0.469 bits per heavy atom. The molecule has 0 aliphatic rings. The molecule has 582 valence electrons. The zero-order valence-corrected chi connectivity index (χ0v) is 65.7. The highest BCUT2D eigenvalue weighted by atomic mass is 31.2. The number of unbranched alkanes of at least 4 members (excludes halogenated alkanes) is 51. The lowest BCUT2D eigenvalue weighted by Crippen LogP contribution is -2.30. The molecule has 0 aromatic heterocycles. The molecular formula is C79H154O17P2. The minimum absolute atomic E-state index is 0.107. The Kier molecular flexibility index (Phi) is 70.6. The second kappa shape index (κ2) is 72.0. The van der Waals surface area contributed by atoms with Gasteiger partial charge in [0.15, 0.2) is 12.2 Å². The van der Waals surface area contributed by atoms with E-state index in [1.807, 2.05) is 0 Å². The number of hydrogen-bond acceptors (Lipinski definition) is 15. The van der Waals surface area contributed by atoms with E-state index in [1.54, 1.807) is 0 Å². The van der Waals surface area contributed by atoms with E-state index in [-0.39, 0.29) is 25.7 Å². The average molecular weight is 1440 g/mol. The van der Waals surface area contributed by atoms with Gasteiger partial charge in [-0.1, -0.05) is 369 Å². The van der Waals surface area contributed by atoms with Crippen molar-refractivity contribution in [2.75, 3.05) is 39.6 Å². The molecule has 0 amide bonds. The van der Waals surface area contributed by atoms with Crippen LogP contribution in [0, 0.1) is 5.92 Å². The Bertz CT molecular complexity index is 1870. The van der Waals surface area contributed by atoms with Crippen molar-refractivity contribution < 1.29 is 80.2 Å². The number of aliphatic hydroxyl groups is 1. The number of esters is 4. The maximum absolute atomic E-state index is 13.1. The summed E-state index contributed by atoms with van der Waals surface area (Å²) in [5.74, 6) is -1.43. The molecule has 0 heterocycles. The van der Waals surface area contributed by atoms with Crippen LogP contribution in [0.2, 0.25) is 0 Å². The summed E-state index contributed by atoms with van der Waals surface area (Å²) in [5, 5.41) is 10.6. The first-order chi connectivity index (χ1) is 47.5. The van der Waals surface area contributed by atoms with E-state index >= 15 is 0 Å². The Labute approximate surface area is 600 Å². The van der Waals surface area contributed by atoms with Crippen LogP contribution in [-0.4, -0.2) is 96.7 Å². The Hall–Kier alpha value is -1.94. The van der Waals surface area contributed by atoms with Crippen LogP contribution < -0.4 is 0 Å². The smallest absolute Gasteiger partial charge is 0.462 e. The van der Waals surface area contributed by atoms with Gasteiger partial charge in [-0.3, -0.25) is 37.3 Å². The van der Waals surface area contributed by atoms with Crippen molar-refractivity contribution in [3.63, 3.8) is 0 Å². The topological polar surface area (TPSA) is 237 Å². The summed E-state index contributed by atoms with van der Waals surface area (Å²) >= 11 is 0. The summed E-state index contributed by atoms with van der Waals surface area (Å²) in [6.45, 7) is 7.24. The monoisotopic (exact) mass is 1440 g/mol. The fraction of sp³-hybridized carbons (Fsp3) is 0.949. The van der Waals surface area contributed by atoms with Gasteiger partial charge >= 0.3 is 39.5 Å². The number of phosphoric ester groups is 2. The van der Waals surface area contributed by atoms with Crippen LogP contribution in [0.5, 0.6) is 0 Å². The number of carbonyl (C=O) groups excluding carboxylic acids is 4.